The number of carbonyl (C=O) groups excluding carboxylic acids is 1. The molecule has 1 aliphatic rings. The maximum atomic E-state index is 12.3. The molecule has 0 heterocycles. The molecular formula is C17H33NO. The predicted octanol–water partition coefficient (Wildman–Crippen LogP) is 4.33. The monoisotopic (exact) mass is 267 g/mol. The first-order valence-corrected chi connectivity index (χ1v) is 7.87. The number of hydrogen-bond donors (Lipinski definition) is 1. The first-order chi connectivity index (χ1) is 8.57. The lowest BCUT2D eigenvalue weighted by Crippen LogP contribution is -2.43. The molecule has 0 aliphatic heterocycles. The van der Waals surface area contributed by atoms with Crippen molar-refractivity contribution in [2.24, 2.45) is 11.3 Å². The molecule has 1 N–H and O–H groups in total. The van der Waals surface area contributed by atoms with E-state index in [4.69, 9.17) is 0 Å². The Labute approximate surface area is 119 Å². The van der Waals surface area contributed by atoms with Crippen molar-refractivity contribution in [3.63, 3.8) is 0 Å². The zero-order valence-corrected chi connectivity index (χ0v) is 13.8. The van der Waals surface area contributed by atoms with Gasteiger partial charge in [0.2, 0.25) is 0 Å². The van der Waals surface area contributed by atoms with Gasteiger partial charge in [-0.3, -0.25) is 4.79 Å². The van der Waals surface area contributed by atoms with Gasteiger partial charge in [0.25, 0.3) is 0 Å². The van der Waals surface area contributed by atoms with E-state index < -0.39 is 0 Å². The van der Waals surface area contributed by atoms with Crippen LogP contribution in [0.2, 0.25) is 0 Å². The van der Waals surface area contributed by atoms with E-state index in [0.717, 1.165) is 25.7 Å². The average Bonchev–Trinajstić information content (AvgIpc) is 2.38. The summed E-state index contributed by atoms with van der Waals surface area (Å²) in [6.07, 6.45) is 6.46. The molecule has 2 atom stereocenters. The van der Waals surface area contributed by atoms with E-state index in [1.165, 1.54) is 12.8 Å². The Balaban J connectivity index is 2.48. The van der Waals surface area contributed by atoms with E-state index in [9.17, 15) is 4.79 Å². The molecule has 0 aromatic carbocycles. The lowest BCUT2D eigenvalue weighted by atomic mass is 9.83. The molecule has 112 valence electrons. The van der Waals surface area contributed by atoms with Gasteiger partial charge in [0.05, 0.1) is 0 Å². The maximum absolute atomic E-state index is 12.3. The Kier molecular flexibility index (Phi) is 5.61. The van der Waals surface area contributed by atoms with Crippen molar-refractivity contribution in [3.8, 4) is 0 Å². The van der Waals surface area contributed by atoms with Crippen LogP contribution in [0.4, 0.5) is 0 Å². The zero-order chi connectivity index (χ0) is 14.7. The summed E-state index contributed by atoms with van der Waals surface area (Å²) < 4.78 is 0. The Hall–Kier alpha value is -0.370. The van der Waals surface area contributed by atoms with E-state index in [-0.39, 0.29) is 11.0 Å². The molecule has 1 fully saturated rings. The summed E-state index contributed by atoms with van der Waals surface area (Å²) in [4.78, 5) is 12.3. The van der Waals surface area contributed by atoms with Gasteiger partial charge in [-0.2, -0.15) is 0 Å². The van der Waals surface area contributed by atoms with E-state index in [1.807, 2.05) is 0 Å². The van der Waals surface area contributed by atoms with Gasteiger partial charge in [-0.05, 0) is 51.9 Å². The Morgan fingerprint density at radius 3 is 2.16 bits per heavy atom. The third kappa shape index (κ3) is 7.10. The fourth-order valence-corrected chi connectivity index (χ4v) is 3.05. The summed E-state index contributed by atoms with van der Waals surface area (Å²) in [6, 6.07) is 0.590. The van der Waals surface area contributed by atoms with Crippen molar-refractivity contribution in [2.45, 2.75) is 91.6 Å². The Morgan fingerprint density at radius 1 is 1.00 bits per heavy atom. The van der Waals surface area contributed by atoms with Crippen molar-refractivity contribution in [2.75, 3.05) is 0 Å². The largest absolute Gasteiger partial charge is 0.309 e. The smallest absolute Gasteiger partial charge is 0.136 e. The van der Waals surface area contributed by atoms with Crippen LogP contribution in [-0.2, 0) is 4.79 Å². The maximum Gasteiger partial charge on any atom is 0.136 e. The van der Waals surface area contributed by atoms with E-state index >= 15 is 0 Å². The molecule has 0 amide bonds. The van der Waals surface area contributed by atoms with E-state index in [1.54, 1.807) is 0 Å². The summed E-state index contributed by atoms with van der Waals surface area (Å²) in [6.45, 7) is 13.1. The van der Waals surface area contributed by atoms with Gasteiger partial charge in [-0.1, -0.05) is 27.2 Å². The molecule has 2 unspecified atom stereocenters. The molecule has 0 aromatic heterocycles. The van der Waals surface area contributed by atoms with Crippen molar-refractivity contribution in [1.29, 1.82) is 0 Å². The number of rotatable bonds is 3. The van der Waals surface area contributed by atoms with Crippen LogP contribution in [0.25, 0.3) is 0 Å². The van der Waals surface area contributed by atoms with Crippen LogP contribution in [0.3, 0.4) is 0 Å². The minimum atomic E-state index is 0.131. The fourth-order valence-electron chi connectivity index (χ4n) is 3.05. The van der Waals surface area contributed by atoms with E-state index in [0.29, 0.717) is 17.7 Å². The molecule has 0 aromatic rings. The topological polar surface area (TPSA) is 29.1 Å². The third-order valence-electron chi connectivity index (χ3n) is 3.77. The highest BCUT2D eigenvalue weighted by Gasteiger charge is 2.28. The van der Waals surface area contributed by atoms with Crippen LogP contribution >= 0.6 is 0 Å². The highest BCUT2D eigenvalue weighted by Crippen LogP contribution is 2.29. The van der Waals surface area contributed by atoms with Crippen LogP contribution in [0.15, 0.2) is 0 Å². The van der Waals surface area contributed by atoms with Gasteiger partial charge in [0.15, 0.2) is 0 Å². The summed E-state index contributed by atoms with van der Waals surface area (Å²) >= 11 is 0. The molecule has 1 aliphatic carbocycles. The van der Waals surface area contributed by atoms with Crippen LogP contribution < -0.4 is 5.32 Å². The van der Waals surface area contributed by atoms with Gasteiger partial charge in [0.1, 0.15) is 5.78 Å². The molecular weight excluding hydrogens is 234 g/mol. The average molecular weight is 267 g/mol. The predicted molar refractivity (Wildman–Crippen MR) is 82.3 cm³/mol. The number of Topliss-reactive ketones (excluding diaryl/α,β-unsaturated/α-hetero) is 1. The van der Waals surface area contributed by atoms with Crippen LogP contribution in [0.5, 0.6) is 0 Å². The summed E-state index contributed by atoms with van der Waals surface area (Å²) in [5, 5.41) is 3.69. The second kappa shape index (κ2) is 6.39. The highest BCUT2D eigenvalue weighted by molar-refractivity contribution is 5.81. The standard InChI is InChI=1S/C17H33NO/c1-16(2,3)12-15(19)13-8-7-9-14(11-10-13)18-17(4,5)6/h13-14,18H,7-12H2,1-6H3. The van der Waals surface area contributed by atoms with Crippen molar-refractivity contribution < 1.29 is 4.79 Å². The van der Waals surface area contributed by atoms with Gasteiger partial charge >= 0.3 is 0 Å². The minimum absolute atomic E-state index is 0.131. The van der Waals surface area contributed by atoms with Gasteiger partial charge in [-0.15, -0.1) is 0 Å². The molecule has 1 saturated carbocycles. The number of ketones is 1. The lowest BCUT2D eigenvalue weighted by molar-refractivity contribution is -0.125. The molecule has 19 heavy (non-hydrogen) atoms. The first kappa shape index (κ1) is 16.7. The number of hydrogen-bond acceptors (Lipinski definition) is 2. The molecule has 1 rings (SSSR count). The van der Waals surface area contributed by atoms with Crippen LogP contribution in [0, 0.1) is 11.3 Å². The molecule has 0 saturated heterocycles. The van der Waals surface area contributed by atoms with Crippen molar-refractivity contribution in [3.05, 3.63) is 0 Å². The molecule has 2 nitrogen and oxygen atoms in total. The summed E-state index contributed by atoms with van der Waals surface area (Å²) in [7, 11) is 0. The second-order valence-electron chi connectivity index (χ2n) is 8.50. The van der Waals surface area contributed by atoms with Crippen LogP contribution in [0.1, 0.15) is 80.1 Å². The normalized spacial score (nSPS) is 26.0. The third-order valence-corrected chi connectivity index (χ3v) is 3.77. The molecule has 0 spiro atoms. The SMILES string of the molecule is CC(C)(C)CC(=O)C1CCCC(NC(C)(C)C)CC1. The summed E-state index contributed by atoms with van der Waals surface area (Å²) in [5.74, 6) is 0.801. The summed E-state index contributed by atoms with van der Waals surface area (Å²) in [5.41, 5.74) is 0.312. The molecule has 2 heteroatoms. The molecule has 0 radical (unpaired) electrons. The highest BCUT2D eigenvalue weighted by atomic mass is 16.1. The van der Waals surface area contributed by atoms with Gasteiger partial charge < -0.3 is 5.32 Å². The minimum Gasteiger partial charge on any atom is -0.309 e. The molecule has 0 bridgehead atoms. The second-order valence-corrected chi connectivity index (χ2v) is 8.50. The van der Waals surface area contributed by atoms with Gasteiger partial charge in [0, 0.05) is 23.9 Å². The van der Waals surface area contributed by atoms with Gasteiger partial charge in [-0.25, -0.2) is 0 Å². The van der Waals surface area contributed by atoms with E-state index in [2.05, 4.69) is 46.9 Å². The van der Waals surface area contributed by atoms with Crippen LogP contribution in [-0.4, -0.2) is 17.4 Å². The number of carbonyl (C=O) groups is 1. The lowest BCUT2D eigenvalue weighted by Gasteiger charge is -2.28. The zero-order valence-electron chi connectivity index (χ0n) is 13.8. The quantitative estimate of drug-likeness (QED) is 0.771. The van der Waals surface area contributed by atoms with Crippen molar-refractivity contribution in [1.82, 2.24) is 5.32 Å². The first-order valence-electron chi connectivity index (χ1n) is 7.87. The fraction of sp³-hybridized carbons (Fsp3) is 0.941. The number of nitrogens with one attached hydrogen (secondary N) is 1. The Bertz CT molecular complexity index is 295. The van der Waals surface area contributed by atoms with Crippen molar-refractivity contribution >= 4 is 5.78 Å². The Morgan fingerprint density at radius 2 is 1.63 bits per heavy atom.